The summed E-state index contributed by atoms with van der Waals surface area (Å²) in [5.74, 6) is 1.83. The predicted molar refractivity (Wildman–Crippen MR) is 68.7 cm³/mol. The van der Waals surface area contributed by atoms with Crippen LogP contribution < -0.4 is 5.56 Å². The third-order valence-electron chi connectivity index (χ3n) is 4.24. The highest BCUT2D eigenvalue weighted by molar-refractivity contribution is 5.54. The van der Waals surface area contributed by atoms with E-state index in [2.05, 4.69) is 16.2 Å². The van der Waals surface area contributed by atoms with Gasteiger partial charge in [-0.3, -0.25) is 9.89 Å². The van der Waals surface area contributed by atoms with E-state index in [1.54, 1.807) is 6.07 Å². The number of hydrogen-bond donors (Lipinski definition) is 1. The van der Waals surface area contributed by atoms with Gasteiger partial charge >= 0.3 is 0 Å². The summed E-state index contributed by atoms with van der Waals surface area (Å²) in [5, 5.41) is 11.8. The van der Waals surface area contributed by atoms with Crippen LogP contribution in [-0.2, 0) is 0 Å². The van der Waals surface area contributed by atoms with E-state index >= 15 is 0 Å². The Morgan fingerprint density at radius 1 is 1.37 bits per heavy atom. The molecule has 5 nitrogen and oxygen atoms in total. The minimum Gasteiger partial charge on any atom is -0.295 e. The van der Waals surface area contributed by atoms with E-state index in [1.807, 2.05) is 0 Å². The Labute approximate surface area is 109 Å². The first-order valence-electron chi connectivity index (χ1n) is 6.79. The van der Waals surface area contributed by atoms with Crippen LogP contribution in [0.1, 0.15) is 42.9 Å². The molecule has 0 bridgehead atoms. The van der Waals surface area contributed by atoms with Crippen molar-refractivity contribution in [1.82, 2.24) is 14.6 Å². The molecule has 0 saturated heterocycles. The number of fused-ring (bicyclic) bond motifs is 1. The molecule has 0 spiro atoms. The largest absolute Gasteiger partial charge is 0.295 e. The first-order chi connectivity index (χ1) is 9.28. The zero-order valence-electron chi connectivity index (χ0n) is 10.5. The van der Waals surface area contributed by atoms with Gasteiger partial charge in [-0.1, -0.05) is 0 Å². The van der Waals surface area contributed by atoms with Crippen molar-refractivity contribution in [2.24, 2.45) is 11.8 Å². The molecule has 2 fully saturated rings. The summed E-state index contributed by atoms with van der Waals surface area (Å²) in [5.41, 5.74) is 1.68. The smallest absolute Gasteiger partial charge is 0.272 e. The minimum atomic E-state index is -0.118. The molecule has 0 aliphatic heterocycles. The van der Waals surface area contributed by atoms with Crippen molar-refractivity contribution in [3.8, 4) is 6.07 Å². The first kappa shape index (κ1) is 10.8. The van der Waals surface area contributed by atoms with Gasteiger partial charge in [0.05, 0.1) is 5.69 Å². The van der Waals surface area contributed by atoms with Gasteiger partial charge < -0.3 is 0 Å². The van der Waals surface area contributed by atoms with E-state index in [9.17, 15) is 4.79 Å². The normalized spacial score (nSPS) is 18.9. The van der Waals surface area contributed by atoms with Gasteiger partial charge in [-0.15, -0.1) is 0 Å². The van der Waals surface area contributed by atoms with Gasteiger partial charge in [-0.05, 0) is 37.5 Å². The van der Waals surface area contributed by atoms with E-state index in [4.69, 9.17) is 5.26 Å². The average molecular weight is 254 g/mol. The molecule has 96 valence electrons. The predicted octanol–water partition coefficient (Wildman–Crippen LogP) is 1.80. The molecule has 2 aliphatic carbocycles. The van der Waals surface area contributed by atoms with E-state index in [0.717, 1.165) is 5.69 Å². The highest BCUT2D eigenvalue weighted by atomic mass is 16.1. The van der Waals surface area contributed by atoms with E-state index < -0.39 is 0 Å². The number of nitrogens with zero attached hydrogens (tertiary/aromatic N) is 3. The number of nitriles is 1. The van der Waals surface area contributed by atoms with Crippen LogP contribution in [0.3, 0.4) is 0 Å². The second-order valence-corrected chi connectivity index (χ2v) is 5.68. The number of nitrogens with one attached hydrogen (secondary N) is 1. The Morgan fingerprint density at radius 2 is 2.05 bits per heavy atom. The van der Waals surface area contributed by atoms with Gasteiger partial charge in [0, 0.05) is 18.2 Å². The lowest BCUT2D eigenvalue weighted by Gasteiger charge is -2.14. The third-order valence-corrected chi connectivity index (χ3v) is 4.24. The molecular weight excluding hydrogens is 240 g/mol. The molecule has 5 heteroatoms. The van der Waals surface area contributed by atoms with E-state index in [1.165, 1.54) is 36.4 Å². The molecule has 0 atom stereocenters. The van der Waals surface area contributed by atoms with Crippen LogP contribution in [0.4, 0.5) is 0 Å². The van der Waals surface area contributed by atoms with Crippen LogP contribution in [0.25, 0.3) is 5.65 Å². The summed E-state index contributed by atoms with van der Waals surface area (Å²) < 4.78 is 1.35. The molecule has 19 heavy (non-hydrogen) atoms. The molecule has 4 rings (SSSR count). The summed E-state index contributed by atoms with van der Waals surface area (Å²) in [6.07, 6.45) is 6.54. The molecule has 0 aromatic carbocycles. The first-order valence-corrected chi connectivity index (χ1v) is 6.79. The van der Waals surface area contributed by atoms with Gasteiger partial charge in [0.2, 0.25) is 0 Å². The maximum Gasteiger partial charge on any atom is 0.272 e. The number of aromatic amines is 1. The molecule has 1 N–H and O–H groups in total. The summed E-state index contributed by atoms with van der Waals surface area (Å²) in [4.78, 5) is 16.7. The van der Waals surface area contributed by atoms with Crippen molar-refractivity contribution in [2.45, 2.75) is 31.6 Å². The Bertz CT molecular complexity index is 731. The van der Waals surface area contributed by atoms with Crippen molar-refractivity contribution in [3.63, 3.8) is 0 Å². The van der Waals surface area contributed by atoms with Gasteiger partial charge in [0.15, 0.2) is 5.65 Å². The molecule has 0 amide bonds. The molecule has 2 aromatic rings. The van der Waals surface area contributed by atoms with Crippen LogP contribution in [0, 0.1) is 23.2 Å². The summed E-state index contributed by atoms with van der Waals surface area (Å²) in [6, 6.07) is 3.72. The molecule has 2 saturated carbocycles. The fraction of sp³-hybridized carbons (Fsp3) is 0.500. The summed E-state index contributed by atoms with van der Waals surface area (Å²) >= 11 is 0. The summed E-state index contributed by atoms with van der Waals surface area (Å²) in [7, 11) is 0. The van der Waals surface area contributed by atoms with Crippen molar-refractivity contribution in [1.29, 1.82) is 5.26 Å². The lowest BCUT2D eigenvalue weighted by Crippen LogP contribution is -2.18. The van der Waals surface area contributed by atoms with Gasteiger partial charge in [0.1, 0.15) is 11.6 Å². The van der Waals surface area contributed by atoms with Crippen molar-refractivity contribution < 1.29 is 0 Å². The summed E-state index contributed by atoms with van der Waals surface area (Å²) in [6.45, 7) is 0. The number of aromatic nitrogens is 3. The van der Waals surface area contributed by atoms with Crippen molar-refractivity contribution in [3.05, 3.63) is 33.9 Å². The monoisotopic (exact) mass is 254 g/mol. The van der Waals surface area contributed by atoms with Crippen LogP contribution in [0.5, 0.6) is 0 Å². The standard InChI is InChI=1S/C14H14N4O/c15-6-10-7-16-18-12(19)5-11(17-14(10)18)13(8-1-2-8)9-3-4-9/h5,7-9,13,16H,1-4H2. The lowest BCUT2D eigenvalue weighted by atomic mass is 9.94. The number of H-pyrrole nitrogens is 1. The Hall–Kier alpha value is -2.09. The number of hydrogen-bond acceptors (Lipinski definition) is 3. The Balaban J connectivity index is 1.89. The second-order valence-electron chi connectivity index (χ2n) is 5.68. The lowest BCUT2D eigenvalue weighted by molar-refractivity contribution is 0.523. The average Bonchev–Trinajstić information content (AvgIpc) is 3.31. The second kappa shape index (κ2) is 3.70. The zero-order valence-corrected chi connectivity index (χ0v) is 10.5. The molecule has 2 aromatic heterocycles. The molecule has 2 aliphatic rings. The van der Waals surface area contributed by atoms with Crippen LogP contribution in [0.15, 0.2) is 17.1 Å². The molecular formula is C14H14N4O. The molecule has 0 radical (unpaired) electrons. The fourth-order valence-corrected chi connectivity index (χ4v) is 3.03. The van der Waals surface area contributed by atoms with E-state index in [-0.39, 0.29) is 5.56 Å². The zero-order chi connectivity index (χ0) is 13.0. The molecule has 2 heterocycles. The SMILES string of the molecule is N#Cc1c[nH]n2c(=O)cc(C(C3CC3)C3CC3)nc12. The third kappa shape index (κ3) is 1.67. The van der Waals surface area contributed by atoms with Crippen LogP contribution in [-0.4, -0.2) is 14.6 Å². The van der Waals surface area contributed by atoms with Crippen LogP contribution >= 0.6 is 0 Å². The number of rotatable bonds is 3. The fourth-order valence-electron chi connectivity index (χ4n) is 3.03. The topological polar surface area (TPSA) is 73.9 Å². The quantitative estimate of drug-likeness (QED) is 0.907. The van der Waals surface area contributed by atoms with Gasteiger partial charge in [-0.2, -0.15) is 5.26 Å². The highest BCUT2D eigenvalue weighted by Crippen LogP contribution is 2.53. The Kier molecular flexibility index (Phi) is 2.10. The minimum absolute atomic E-state index is 0.118. The maximum absolute atomic E-state index is 12.1. The highest BCUT2D eigenvalue weighted by Gasteiger charge is 2.43. The van der Waals surface area contributed by atoms with Crippen molar-refractivity contribution in [2.75, 3.05) is 0 Å². The van der Waals surface area contributed by atoms with E-state index in [0.29, 0.717) is 29.0 Å². The maximum atomic E-state index is 12.1. The Morgan fingerprint density at radius 3 is 2.63 bits per heavy atom. The van der Waals surface area contributed by atoms with Crippen molar-refractivity contribution >= 4 is 5.65 Å². The van der Waals surface area contributed by atoms with Crippen LogP contribution in [0.2, 0.25) is 0 Å². The van der Waals surface area contributed by atoms with Gasteiger partial charge in [-0.25, -0.2) is 9.50 Å². The van der Waals surface area contributed by atoms with Gasteiger partial charge in [0.25, 0.3) is 5.56 Å². The molecule has 0 unspecified atom stereocenters.